The van der Waals surface area contributed by atoms with Crippen molar-refractivity contribution in [3.05, 3.63) is 65.7 Å². The van der Waals surface area contributed by atoms with Gasteiger partial charge in [-0.1, -0.05) is 30.3 Å². The molecule has 6 heteroatoms. The van der Waals surface area contributed by atoms with E-state index >= 15 is 0 Å². The molecule has 136 valence electrons. The van der Waals surface area contributed by atoms with Crippen LogP contribution in [0.3, 0.4) is 0 Å². The fourth-order valence-corrected chi connectivity index (χ4v) is 3.12. The summed E-state index contributed by atoms with van der Waals surface area (Å²) in [5.41, 5.74) is 7.46. The van der Waals surface area contributed by atoms with Crippen LogP contribution in [0.25, 0.3) is 0 Å². The Labute approximate surface area is 152 Å². The van der Waals surface area contributed by atoms with Crippen LogP contribution in [-0.4, -0.2) is 42.6 Å². The summed E-state index contributed by atoms with van der Waals surface area (Å²) in [7, 11) is 0. The number of nitrogens with two attached hydrogens (primary N) is 1. The second-order valence-electron chi connectivity index (χ2n) is 6.32. The molecule has 0 aromatic heterocycles. The monoisotopic (exact) mass is 353 g/mol. The van der Waals surface area contributed by atoms with Crippen LogP contribution in [0.4, 0.5) is 10.5 Å². The van der Waals surface area contributed by atoms with E-state index in [1.54, 1.807) is 24.3 Å². The lowest BCUT2D eigenvalue weighted by molar-refractivity contribution is 0.0656. The molecule has 0 aliphatic carbocycles. The van der Waals surface area contributed by atoms with Gasteiger partial charge in [-0.15, -0.1) is 0 Å². The summed E-state index contributed by atoms with van der Waals surface area (Å²) in [6.07, 6.45) is 1.65. The number of carbonyl (C=O) groups is 2. The van der Waals surface area contributed by atoms with Gasteiger partial charge in [0.15, 0.2) is 0 Å². The Morgan fingerprint density at radius 3 is 2.46 bits per heavy atom. The lowest BCUT2D eigenvalue weighted by Crippen LogP contribution is -2.42. The molecule has 3 amide bonds. The molecule has 2 aromatic carbocycles. The molecule has 0 bridgehead atoms. The van der Waals surface area contributed by atoms with Gasteiger partial charge >= 0.3 is 6.03 Å². The Kier molecular flexibility index (Phi) is 5.86. The molecule has 0 saturated carbocycles. The largest absolute Gasteiger partial charge is 0.379 e. The number of rotatable bonds is 6. The van der Waals surface area contributed by atoms with Crippen LogP contribution >= 0.6 is 0 Å². The van der Waals surface area contributed by atoms with Gasteiger partial charge in [-0.25, -0.2) is 4.79 Å². The third-order valence-corrected chi connectivity index (χ3v) is 4.49. The third kappa shape index (κ3) is 4.61. The van der Waals surface area contributed by atoms with E-state index in [9.17, 15) is 9.59 Å². The maximum atomic E-state index is 13.0. The number of hydrogen-bond acceptors (Lipinski definition) is 3. The number of amides is 3. The maximum Gasteiger partial charge on any atom is 0.316 e. The predicted octanol–water partition coefficient (Wildman–Crippen LogP) is 2.65. The Hall–Kier alpha value is -2.86. The fraction of sp³-hybridized carbons (Fsp3) is 0.300. The first kappa shape index (κ1) is 17.9. The molecule has 1 aliphatic rings. The number of urea groups is 1. The Balaban J connectivity index is 1.72. The molecule has 0 unspecified atom stereocenters. The molecule has 1 fully saturated rings. The summed E-state index contributed by atoms with van der Waals surface area (Å²) in [4.78, 5) is 25.9. The van der Waals surface area contributed by atoms with Crippen LogP contribution < -0.4 is 11.1 Å². The summed E-state index contributed by atoms with van der Waals surface area (Å²) < 4.78 is 5.48. The van der Waals surface area contributed by atoms with E-state index in [0.717, 1.165) is 12.8 Å². The van der Waals surface area contributed by atoms with Crippen molar-refractivity contribution in [2.75, 3.05) is 25.1 Å². The lowest BCUT2D eigenvalue weighted by atomic mass is 10.1. The molecule has 0 radical (unpaired) electrons. The minimum absolute atomic E-state index is 0.0259. The zero-order valence-corrected chi connectivity index (χ0v) is 14.6. The average Bonchev–Trinajstić information content (AvgIpc) is 3.17. The van der Waals surface area contributed by atoms with E-state index in [1.807, 2.05) is 23.1 Å². The maximum absolute atomic E-state index is 13.0. The molecule has 1 heterocycles. The highest BCUT2D eigenvalue weighted by molar-refractivity contribution is 5.95. The van der Waals surface area contributed by atoms with Gasteiger partial charge in [0.25, 0.3) is 5.91 Å². The average molecular weight is 353 g/mol. The van der Waals surface area contributed by atoms with Crippen LogP contribution in [0.2, 0.25) is 0 Å². The Morgan fingerprint density at radius 1 is 1.12 bits per heavy atom. The van der Waals surface area contributed by atoms with Gasteiger partial charge in [-0.3, -0.25) is 4.79 Å². The van der Waals surface area contributed by atoms with Crippen LogP contribution in [-0.2, 0) is 11.2 Å². The number of carbonyl (C=O) groups excluding carboxylic acids is 2. The smallest absolute Gasteiger partial charge is 0.316 e. The highest BCUT2D eigenvalue weighted by atomic mass is 16.5. The number of primary amides is 1. The number of anilines is 1. The molecule has 3 N–H and O–H groups in total. The number of benzene rings is 2. The summed E-state index contributed by atoms with van der Waals surface area (Å²) in [5.74, 6) is -0.0259. The van der Waals surface area contributed by atoms with Crippen LogP contribution in [0.5, 0.6) is 0 Å². The zero-order chi connectivity index (χ0) is 18.4. The van der Waals surface area contributed by atoms with E-state index in [-0.39, 0.29) is 11.9 Å². The van der Waals surface area contributed by atoms with Crippen LogP contribution in [0.1, 0.15) is 22.3 Å². The van der Waals surface area contributed by atoms with Crippen LogP contribution in [0.15, 0.2) is 54.6 Å². The molecule has 1 saturated heterocycles. The minimum Gasteiger partial charge on any atom is -0.379 e. The molecule has 2 aromatic rings. The fourth-order valence-electron chi connectivity index (χ4n) is 3.12. The van der Waals surface area contributed by atoms with E-state index in [4.69, 9.17) is 10.5 Å². The van der Waals surface area contributed by atoms with Crippen molar-refractivity contribution in [3.63, 3.8) is 0 Å². The van der Waals surface area contributed by atoms with Gasteiger partial charge in [0.05, 0.1) is 12.6 Å². The molecule has 1 atom stereocenters. The second kappa shape index (κ2) is 8.49. The number of nitrogens with one attached hydrogen (secondary N) is 1. The molecule has 26 heavy (non-hydrogen) atoms. The van der Waals surface area contributed by atoms with Gasteiger partial charge in [-0.2, -0.15) is 0 Å². The van der Waals surface area contributed by atoms with Gasteiger partial charge in [-0.05, 0) is 42.7 Å². The van der Waals surface area contributed by atoms with Gasteiger partial charge in [0.2, 0.25) is 0 Å². The molecule has 3 rings (SSSR count). The van der Waals surface area contributed by atoms with E-state index < -0.39 is 6.03 Å². The quantitative estimate of drug-likeness (QED) is 0.837. The Morgan fingerprint density at radius 2 is 1.85 bits per heavy atom. The second-order valence-corrected chi connectivity index (χ2v) is 6.32. The van der Waals surface area contributed by atoms with E-state index in [2.05, 4.69) is 17.4 Å². The van der Waals surface area contributed by atoms with Gasteiger partial charge in [0, 0.05) is 24.4 Å². The lowest BCUT2D eigenvalue weighted by Gasteiger charge is -2.28. The van der Waals surface area contributed by atoms with Crippen molar-refractivity contribution >= 4 is 17.6 Å². The summed E-state index contributed by atoms with van der Waals surface area (Å²) in [6.45, 7) is 1.89. The third-order valence-electron chi connectivity index (χ3n) is 4.49. The number of ether oxygens (including phenoxy) is 1. The Bertz CT molecular complexity index is 741. The van der Waals surface area contributed by atoms with Crippen molar-refractivity contribution in [1.29, 1.82) is 0 Å². The molecular weight excluding hydrogens is 330 g/mol. The first-order chi connectivity index (χ1) is 12.6. The van der Waals surface area contributed by atoms with Gasteiger partial charge < -0.3 is 20.7 Å². The van der Waals surface area contributed by atoms with Gasteiger partial charge in [0.1, 0.15) is 0 Å². The zero-order valence-electron chi connectivity index (χ0n) is 14.6. The van der Waals surface area contributed by atoms with Crippen LogP contribution in [0, 0.1) is 0 Å². The first-order valence-corrected chi connectivity index (χ1v) is 8.72. The summed E-state index contributed by atoms with van der Waals surface area (Å²) in [5, 5.41) is 2.50. The predicted molar refractivity (Wildman–Crippen MR) is 100 cm³/mol. The normalized spacial score (nSPS) is 16.2. The minimum atomic E-state index is -0.628. The van der Waals surface area contributed by atoms with Crippen molar-refractivity contribution in [2.24, 2.45) is 5.73 Å². The number of hydrogen-bond donors (Lipinski definition) is 2. The van der Waals surface area contributed by atoms with E-state index in [1.165, 1.54) is 5.56 Å². The molecule has 1 aliphatic heterocycles. The first-order valence-electron chi connectivity index (χ1n) is 8.72. The standard InChI is InChI=1S/C20H23N3O3/c21-20(25)22-17-8-6-16(7-9-17)19(24)23(18-11-13-26-14-18)12-10-15-4-2-1-3-5-15/h1-9,18H,10-14H2,(H3,21,22,25)/t18-/m1/s1. The van der Waals surface area contributed by atoms with Crippen molar-refractivity contribution in [1.82, 2.24) is 4.90 Å². The van der Waals surface area contributed by atoms with Crippen molar-refractivity contribution < 1.29 is 14.3 Å². The highest BCUT2D eigenvalue weighted by Gasteiger charge is 2.27. The van der Waals surface area contributed by atoms with E-state index in [0.29, 0.717) is 31.0 Å². The molecule has 6 nitrogen and oxygen atoms in total. The topological polar surface area (TPSA) is 84.7 Å². The van der Waals surface area contributed by atoms with Crippen molar-refractivity contribution in [3.8, 4) is 0 Å². The highest BCUT2D eigenvalue weighted by Crippen LogP contribution is 2.18. The SMILES string of the molecule is NC(=O)Nc1ccc(C(=O)N(CCc2ccccc2)[C@@H]2CCOC2)cc1. The summed E-state index contributed by atoms with van der Waals surface area (Å²) in [6, 6.07) is 16.4. The summed E-state index contributed by atoms with van der Waals surface area (Å²) >= 11 is 0. The van der Waals surface area contributed by atoms with Crippen molar-refractivity contribution in [2.45, 2.75) is 18.9 Å². The number of nitrogens with zero attached hydrogens (tertiary/aromatic N) is 1. The molecule has 0 spiro atoms. The molecular formula is C20H23N3O3.